The Bertz CT molecular complexity index is 454. The third-order valence-corrected chi connectivity index (χ3v) is 2.61. The van der Waals surface area contributed by atoms with Crippen molar-refractivity contribution in [3.05, 3.63) is 36.1 Å². The van der Waals surface area contributed by atoms with Crippen LogP contribution in [0.5, 0.6) is 0 Å². The second-order valence-electron chi connectivity index (χ2n) is 3.72. The maximum Gasteiger partial charge on any atom is 0.326 e. The molecule has 0 aromatic carbocycles. The van der Waals surface area contributed by atoms with E-state index in [0.717, 1.165) is 6.26 Å². The predicted octanol–water partition coefficient (Wildman–Crippen LogP) is 1.22. The van der Waals surface area contributed by atoms with E-state index in [0.29, 0.717) is 5.76 Å². The molecule has 1 atom stereocenters. The molecule has 0 bridgehead atoms. The van der Waals surface area contributed by atoms with E-state index in [1.807, 2.05) is 19.1 Å². The van der Waals surface area contributed by atoms with Gasteiger partial charge in [0.05, 0.1) is 0 Å². The van der Waals surface area contributed by atoms with Crippen LogP contribution in [0.2, 0.25) is 0 Å². The van der Waals surface area contributed by atoms with Gasteiger partial charge in [0.25, 0.3) is 0 Å². The van der Waals surface area contributed by atoms with Gasteiger partial charge < -0.3 is 4.74 Å². The fourth-order valence-corrected chi connectivity index (χ4v) is 1.62. The highest BCUT2D eigenvalue weighted by atomic mass is 32.2. The highest BCUT2D eigenvalue weighted by molar-refractivity contribution is 7.91. The number of hydrogen-bond donors (Lipinski definition) is 0. The van der Waals surface area contributed by atoms with Crippen molar-refractivity contribution in [2.75, 3.05) is 12.0 Å². The summed E-state index contributed by atoms with van der Waals surface area (Å²) in [6.07, 6.45) is 9.85. The Kier molecular flexibility index (Phi) is 4.06. The lowest BCUT2D eigenvalue weighted by Crippen LogP contribution is -2.16. The van der Waals surface area contributed by atoms with Crippen LogP contribution < -0.4 is 0 Å². The van der Waals surface area contributed by atoms with Crippen LogP contribution in [0.3, 0.4) is 0 Å². The summed E-state index contributed by atoms with van der Waals surface area (Å²) in [4.78, 5) is 11.2. The number of sulfone groups is 1. The zero-order valence-corrected chi connectivity index (χ0v) is 10.0. The summed E-state index contributed by atoms with van der Waals surface area (Å²) >= 11 is 0. The number of carbonyl (C=O) groups is 1. The molecule has 0 radical (unpaired) electrons. The minimum absolute atomic E-state index is 0.266. The van der Waals surface area contributed by atoms with Crippen LogP contribution in [0.25, 0.3) is 0 Å². The molecule has 5 heteroatoms. The highest BCUT2D eigenvalue weighted by Crippen LogP contribution is 2.10. The maximum atomic E-state index is 11.2. The number of carbonyl (C=O) groups excluding carboxylic acids is 1. The van der Waals surface area contributed by atoms with Gasteiger partial charge in [0, 0.05) is 6.26 Å². The molecule has 0 saturated carbocycles. The van der Waals surface area contributed by atoms with Crippen LogP contribution in [0.1, 0.15) is 6.92 Å². The second kappa shape index (κ2) is 5.12. The molecule has 0 heterocycles. The van der Waals surface area contributed by atoms with Gasteiger partial charge in [-0.1, -0.05) is 25.2 Å². The van der Waals surface area contributed by atoms with Gasteiger partial charge in [-0.2, -0.15) is 0 Å². The van der Waals surface area contributed by atoms with E-state index >= 15 is 0 Å². The zero-order valence-electron chi connectivity index (χ0n) is 9.21. The molecule has 1 aliphatic rings. The fraction of sp³-hybridized carbons (Fsp3) is 0.364. The Hall–Kier alpha value is -1.36. The number of esters is 1. The first-order valence-electron chi connectivity index (χ1n) is 4.82. The Labute approximate surface area is 95.2 Å². The van der Waals surface area contributed by atoms with E-state index in [4.69, 9.17) is 4.74 Å². The largest absolute Gasteiger partial charge is 0.426 e. The molecule has 0 aromatic heterocycles. The summed E-state index contributed by atoms with van der Waals surface area (Å²) < 4.78 is 26.6. The first kappa shape index (κ1) is 12.7. The maximum absolute atomic E-state index is 11.2. The quantitative estimate of drug-likeness (QED) is 0.698. The standard InChI is InChI=1S/C11H14O4S/c1-9-4-3-5-10(7-6-9)15-11(12)8-16(2,13)14/h3-7,9H,8H2,1-2H3. The molecule has 0 saturated heterocycles. The van der Waals surface area contributed by atoms with Crippen LogP contribution in [-0.4, -0.2) is 26.4 Å². The molecule has 1 rings (SSSR count). The summed E-state index contributed by atoms with van der Waals surface area (Å²) in [7, 11) is -3.34. The molecule has 0 N–H and O–H groups in total. The molecule has 1 unspecified atom stereocenters. The number of rotatable bonds is 3. The van der Waals surface area contributed by atoms with Gasteiger partial charge in [0.1, 0.15) is 11.5 Å². The van der Waals surface area contributed by atoms with Crippen LogP contribution in [-0.2, 0) is 19.4 Å². The monoisotopic (exact) mass is 242 g/mol. The van der Waals surface area contributed by atoms with Crippen molar-refractivity contribution in [2.45, 2.75) is 6.92 Å². The first-order chi connectivity index (χ1) is 7.37. The molecule has 0 amide bonds. The Balaban J connectivity index is 2.62. The van der Waals surface area contributed by atoms with Crippen LogP contribution >= 0.6 is 0 Å². The molecule has 88 valence electrons. The number of allylic oxidation sites excluding steroid dienone is 5. The number of ether oxygens (including phenoxy) is 1. The minimum atomic E-state index is -3.34. The van der Waals surface area contributed by atoms with E-state index in [1.54, 1.807) is 18.2 Å². The Morgan fingerprint density at radius 3 is 2.75 bits per heavy atom. The van der Waals surface area contributed by atoms with Crippen molar-refractivity contribution in [3.63, 3.8) is 0 Å². The van der Waals surface area contributed by atoms with Gasteiger partial charge >= 0.3 is 5.97 Å². The van der Waals surface area contributed by atoms with Crippen molar-refractivity contribution >= 4 is 15.8 Å². The van der Waals surface area contributed by atoms with Crippen molar-refractivity contribution in [2.24, 2.45) is 5.92 Å². The third-order valence-electron chi connectivity index (χ3n) is 1.85. The lowest BCUT2D eigenvalue weighted by atomic mass is 10.2. The molecule has 16 heavy (non-hydrogen) atoms. The molecule has 1 aliphatic carbocycles. The molecule has 0 fully saturated rings. The molecule has 0 spiro atoms. The van der Waals surface area contributed by atoms with Crippen molar-refractivity contribution in [1.82, 2.24) is 0 Å². The predicted molar refractivity (Wildman–Crippen MR) is 61.3 cm³/mol. The molecule has 0 aromatic rings. The fourth-order valence-electron chi connectivity index (χ4n) is 1.14. The topological polar surface area (TPSA) is 60.4 Å². The van der Waals surface area contributed by atoms with E-state index < -0.39 is 21.6 Å². The average Bonchev–Trinajstić information content (AvgIpc) is 2.27. The molecule has 4 nitrogen and oxygen atoms in total. The van der Waals surface area contributed by atoms with E-state index in [-0.39, 0.29) is 5.92 Å². The summed E-state index contributed by atoms with van der Waals surface area (Å²) in [6, 6.07) is 0. The average molecular weight is 242 g/mol. The number of hydrogen-bond acceptors (Lipinski definition) is 4. The Morgan fingerprint density at radius 1 is 1.44 bits per heavy atom. The van der Waals surface area contributed by atoms with Crippen LogP contribution in [0, 0.1) is 5.92 Å². The van der Waals surface area contributed by atoms with Gasteiger partial charge in [-0.15, -0.1) is 0 Å². The zero-order chi connectivity index (χ0) is 12.2. The normalized spacial score (nSPS) is 20.1. The van der Waals surface area contributed by atoms with E-state index in [1.165, 1.54) is 0 Å². The molecular formula is C11H14O4S. The van der Waals surface area contributed by atoms with Gasteiger partial charge in [0.15, 0.2) is 9.84 Å². The SMILES string of the molecule is CC1C=CC=C(OC(=O)CS(C)(=O)=O)C=C1. The van der Waals surface area contributed by atoms with E-state index in [9.17, 15) is 13.2 Å². The van der Waals surface area contributed by atoms with Gasteiger partial charge in [-0.05, 0) is 18.1 Å². The van der Waals surface area contributed by atoms with Crippen LogP contribution in [0.4, 0.5) is 0 Å². The first-order valence-corrected chi connectivity index (χ1v) is 6.88. The lowest BCUT2D eigenvalue weighted by Gasteiger charge is -2.03. The van der Waals surface area contributed by atoms with Crippen LogP contribution in [0.15, 0.2) is 36.1 Å². The second-order valence-corrected chi connectivity index (χ2v) is 5.86. The van der Waals surface area contributed by atoms with Crippen molar-refractivity contribution < 1.29 is 17.9 Å². The summed E-state index contributed by atoms with van der Waals surface area (Å²) in [6.45, 7) is 1.99. The van der Waals surface area contributed by atoms with Gasteiger partial charge in [-0.25, -0.2) is 8.42 Å². The summed E-state index contributed by atoms with van der Waals surface area (Å²) in [5, 5.41) is 0. The molecule has 0 aliphatic heterocycles. The third kappa shape index (κ3) is 4.93. The summed E-state index contributed by atoms with van der Waals surface area (Å²) in [5.74, 6) is -0.741. The van der Waals surface area contributed by atoms with E-state index in [2.05, 4.69) is 0 Å². The molecular weight excluding hydrogens is 228 g/mol. The summed E-state index contributed by atoms with van der Waals surface area (Å²) in [5.41, 5.74) is 0. The lowest BCUT2D eigenvalue weighted by molar-refractivity contribution is -0.135. The highest BCUT2D eigenvalue weighted by Gasteiger charge is 2.13. The van der Waals surface area contributed by atoms with Gasteiger partial charge in [-0.3, -0.25) is 4.79 Å². The van der Waals surface area contributed by atoms with Crippen molar-refractivity contribution in [1.29, 1.82) is 0 Å². The smallest absolute Gasteiger partial charge is 0.326 e. The van der Waals surface area contributed by atoms with Gasteiger partial charge in [0.2, 0.25) is 0 Å². The minimum Gasteiger partial charge on any atom is -0.426 e. The Morgan fingerprint density at radius 2 is 2.12 bits per heavy atom. The van der Waals surface area contributed by atoms with Crippen molar-refractivity contribution in [3.8, 4) is 0 Å².